The SMILES string of the molecule is COC(=O)[C@H](Cc1ccc(-c2ccco2)cc1)NC(=O)[C@H](CC(C)C)NC(=O)[C@@H](NC(=O)OC(C)(C)C)C(C)C. The van der Waals surface area contributed by atoms with Crippen LogP contribution >= 0.6 is 0 Å². The number of ether oxygens (including phenoxy) is 2. The van der Waals surface area contributed by atoms with Crippen molar-refractivity contribution in [3.8, 4) is 11.3 Å². The first-order valence-electron chi connectivity index (χ1n) is 13.5. The summed E-state index contributed by atoms with van der Waals surface area (Å²) in [6.45, 7) is 12.6. The monoisotopic (exact) mass is 557 g/mol. The average molecular weight is 558 g/mol. The third kappa shape index (κ3) is 10.4. The number of rotatable bonds is 12. The van der Waals surface area contributed by atoms with Crippen LogP contribution < -0.4 is 16.0 Å². The zero-order valence-electron chi connectivity index (χ0n) is 24.7. The number of nitrogens with one attached hydrogen (secondary N) is 3. The minimum Gasteiger partial charge on any atom is -0.467 e. The maximum absolute atomic E-state index is 13.4. The lowest BCUT2D eigenvalue weighted by Crippen LogP contribution is -2.57. The van der Waals surface area contributed by atoms with Gasteiger partial charge in [0.2, 0.25) is 11.8 Å². The first-order chi connectivity index (χ1) is 18.7. The van der Waals surface area contributed by atoms with E-state index in [0.717, 1.165) is 16.9 Å². The van der Waals surface area contributed by atoms with Crippen molar-refractivity contribution in [2.45, 2.75) is 85.0 Å². The van der Waals surface area contributed by atoms with Crippen molar-refractivity contribution < 1.29 is 33.1 Å². The Kier molecular flexibility index (Phi) is 11.8. The number of esters is 1. The molecule has 40 heavy (non-hydrogen) atoms. The number of hydrogen-bond acceptors (Lipinski definition) is 7. The van der Waals surface area contributed by atoms with Crippen molar-refractivity contribution in [3.05, 3.63) is 48.2 Å². The number of benzene rings is 1. The lowest BCUT2D eigenvalue weighted by Gasteiger charge is -2.28. The van der Waals surface area contributed by atoms with Gasteiger partial charge in [0.05, 0.1) is 13.4 Å². The largest absolute Gasteiger partial charge is 0.467 e. The van der Waals surface area contributed by atoms with Gasteiger partial charge in [-0.2, -0.15) is 0 Å². The Hall–Kier alpha value is -3.82. The third-order valence-electron chi connectivity index (χ3n) is 5.96. The van der Waals surface area contributed by atoms with E-state index in [0.29, 0.717) is 6.42 Å². The number of alkyl carbamates (subject to hydrolysis) is 1. The summed E-state index contributed by atoms with van der Waals surface area (Å²) in [7, 11) is 1.25. The van der Waals surface area contributed by atoms with Gasteiger partial charge in [-0.25, -0.2) is 9.59 Å². The third-order valence-corrected chi connectivity index (χ3v) is 5.96. The normalized spacial score (nSPS) is 13.8. The fourth-order valence-corrected chi connectivity index (χ4v) is 4.03. The summed E-state index contributed by atoms with van der Waals surface area (Å²) in [5.74, 6) is -1.16. The molecule has 0 spiro atoms. The highest BCUT2D eigenvalue weighted by Crippen LogP contribution is 2.21. The Balaban J connectivity index is 2.16. The van der Waals surface area contributed by atoms with E-state index in [1.165, 1.54) is 7.11 Å². The van der Waals surface area contributed by atoms with Crippen LogP contribution in [0.4, 0.5) is 4.79 Å². The zero-order chi connectivity index (χ0) is 30.0. The maximum atomic E-state index is 13.4. The molecule has 0 aliphatic rings. The number of carbonyl (C=O) groups excluding carboxylic acids is 4. The summed E-state index contributed by atoms with van der Waals surface area (Å²) in [4.78, 5) is 51.6. The first kappa shape index (κ1) is 32.4. The van der Waals surface area contributed by atoms with Crippen LogP contribution in [0.25, 0.3) is 11.3 Å². The van der Waals surface area contributed by atoms with E-state index in [1.54, 1.807) is 46.9 Å². The molecule has 2 aromatic rings. The molecule has 0 aliphatic carbocycles. The van der Waals surface area contributed by atoms with E-state index in [-0.39, 0.29) is 18.3 Å². The minimum atomic E-state index is -0.973. The molecule has 220 valence electrons. The molecule has 1 aromatic heterocycles. The van der Waals surface area contributed by atoms with Crippen LogP contribution in [0.2, 0.25) is 0 Å². The molecule has 3 N–H and O–H groups in total. The first-order valence-corrected chi connectivity index (χ1v) is 13.5. The van der Waals surface area contributed by atoms with Crippen LogP contribution in [-0.2, 0) is 30.3 Å². The van der Waals surface area contributed by atoms with Crippen LogP contribution in [-0.4, -0.2) is 54.7 Å². The Labute approximate surface area is 236 Å². The lowest BCUT2D eigenvalue weighted by atomic mass is 9.99. The van der Waals surface area contributed by atoms with Gasteiger partial charge in [0.1, 0.15) is 29.5 Å². The molecule has 0 fully saturated rings. The van der Waals surface area contributed by atoms with Gasteiger partial charge in [0.15, 0.2) is 0 Å². The summed E-state index contributed by atoms with van der Waals surface area (Å²) >= 11 is 0. The van der Waals surface area contributed by atoms with Crippen molar-refractivity contribution in [2.75, 3.05) is 7.11 Å². The van der Waals surface area contributed by atoms with E-state index < -0.39 is 47.6 Å². The van der Waals surface area contributed by atoms with Gasteiger partial charge in [-0.15, -0.1) is 0 Å². The number of carbonyl (C=O) groups is 4. The second-order valence-electron chi connectivity index (χ2n) is 11.5. The fraction of sp³-hybridized carbons (Fsp3) is 0.533. The number of methoxy groups -OCH3 is 1. The molecule has 10 nitrogen and oxygen atoms in total. The molecular formula is C30H43N3O7. The van der Waals surface area contributed by atoms with Crippen LogP contribution in [0.15, 0.2) is 47.1 Å². The molecule has 0 saturated heterocycles. The molecule has 2 rings (SSSR count). The topological polar surface area (TPSA) is 136 Å². The molecule has 0 unspecified atom stereocenters. The smallest absolute Gasteiger partial charge is 0.408 e. The standard InChI is InChI=1S/C30H43N3O7/c1-18(2)16-22(31-27(35)25(19(3)4)33-29(37)40-30(5,6)7)26(34)32-23(28(36)38-8)17-20-11-13-21(14-12-20)24-10-9-15-39-24/h9-15,18-19,22-23,25H,16-17H2,1-8H3,(H,31,35)(H,32,34)(H,33,37)/t22-,23-,25-/m0/s1. The summed E-state index contributed by atoms with van der Waals surface area (Å²) in [5, 5.41) is 8.11. The maximum Gasteiger partial charge on any atom is 0.408 e. The zero-order valence-corrected chi connectivity index (χ0v) is 24.7. The van der Waals surface area contributed by atoms with Gasteiger partial charge in [0, 0.05) is 12.0 Å². The van der Waals surface area contributed by atoms with Crippen LogP contribution in [0.1, 0.15) is 60.5 Å². The summed E-state index contributed by atoms with van der Waals surface area (Å²) in [6, 6.07) is 8.25. The van der Waals surface area contributed by atoms with Gasteiger partial charge < -0.3 is 29.8 Å². The van der Waals surface area contributed by atoms with Crippen LogP contribution in [0, 0.1) is 11.8 Å². The molecule has 0 radical (unpaired) electrons. The number of hydrogen-bond donors (Lipinski definition) is 3. The van der Waals surface area contributed by atoms with Gasteiger partial charge in [-0.1, -0.05) is 52.0 Å². The predicted molar refractivity (Wildman–Crippen MR) is 151 cm³/mol. The highest BCUT2D eigenvalue weighted by atomic mass is 16.6. The van der Waals surface area contributed by atoms with Crippen molar-refractivity contribution in [3.63, 3.8) is 0 Å². The van der Waals surface area contributed by atoms with Gasteiger partial charge in [0.25, 0.3) is 0 Å². The highest BCUT2D eigenvalue weighted by Gasteiger charge is 2.32. The second kappa shape index (κ2) is 14.5. The molecule has 3 amide bonds. The lowest BCUT2D eigenvalue weighted by molar-refractivity contribution is -0.145. The van der Waals surface area contributed by atoms with Gasteiger partial charge in [-0.3, -0.25) is 9.59 Å². The predicted octanol–water partition coefficient (Wildman–Crippen LogP) is 4.23. The van der Waals surface area contributed by atoms with E-state index in [2.05, 4.69) is 16.0 Å². The van der Waals surface area contributed by atoms with Crippen molar-refractivity contribution in [2.24, 2.45) is 11.8 Å². The van der Waals surface area contributed by atoms with Crippen molar-refractivity contribution in [1.29, 1.82) is 0 Å². The summed E-state index contributed by atoms with van der Waals surface area (Å²) in [5.41, 5.74) is 0.952. The molecule has 10 heteroatoms. The molecule has 1 aromatic carbocycles. The molecular weight excluding hydrogens is 514 g/mol. The number of amides is 3. The van der Waals surface area contributed by atoms with E-state index >= 15 is 0 Å². The Bertz CT molecular complexity index is 1120. The van der Waals surface area contributed by atoms with Crippen LogP contribution in [0.3, 0.4) is 0 Å². The Morgan fingerprint density at radius 2 is 1.50 bits per heavy atom. The number of furan rings is 1. The van der Waals surface area contributed by atoms with Gasteiger partial charge in [-0.05, 0) is 56.7 Å². The fourth-order valence-electron chi connectivity index (χ4n) is 4.03. The summed E-state index contributed by atoms with van der Waals surface area (Å²) in [6.07, 6.45) is 1.37. The quantitative estimate of drug-likeness (QED) is 0.332. The van der Waals surface area contributed by atoms with Crippen LogP contribution in [0.5, 0.6) is 0 Å². The molecule has 0 saturated carbocycles. The second-order valence-corrected chi connectivity index (χ2v) is 11.5. The summed E-state index contributed by atoms with van der Waals surface area (Å²) < 4.78 is 15.7. The Morgan fingerprint density at radius 1 is 0.875 bits per heavy atom. The van der Waals surface area contributed by atoms with E-state index in [4.69, 9.17) is 13.9 Å². The molecule has 1 heterocycles. The molecule has 3 atom stereocenters. The minimum absolute atomic E-state index is 0.0538. The molecule has 0 aliphatic heterocycles. The Morgan fingerprint density at radius 3 is 2.00 bits per heavy atom. The van der Waals surface area contributed by atoms with E-state index in [9.17, 15) is 19.2 Å². The highest BCUT2D eigenvalue weighted by molar-refractivity contribution is 5.93. The van der Waals surface area contributed by atoms with Gasteiger partial charge >= 0.3 is 12.1 Å². The molecule has 0 bridgehead atoms. The average Bonchev–Trinajstić information content (AvgIpc) is 3.40. The van der Waals surface area contributed by atoms with Crippen molar-refractivity contribution in [1.82, 2.24) is 16.0 Å². The van der Waals surface area contributed by atoms with Crippen molar-refractivity contribution >= 4 is 23.9 Å². The van der Waals surface area contributed by atoms with E-state index in [1.807, 2.05) is 44.2 Å².